The van der Waals surface area contributed by atoms with Crippen LogP contribution < -0.4 is 16.2 Å². The summed E-state index contributed by atoms with van der Waals surface area (Å²) in [5, 5.41) is 6.38. The van der Waals surface area contributed by atoms with E-state index in [0.29, 0.717) is 55.8 Å². The van der Waals surface area contributed by atoms with Crippen LogP contribution in [-0.2, 0) is 0 Å². The highest BCUT2D eigenvalue weighted by Crippen LogP contribution is 2.40. The van der Waals surface area contributed by atoms with Gasteiger partial charge < -0.3 is 24.5 Å². The van der Waals surface area contributed by atoms with E-state index in [0.717, 1.165) is 0 Å². The molecular formula is C29H21FN4O4. The number of rotatable bonds is 5. The summed E-state index contributed by atoms with van der Waals surface area (Å²) in [4.78, 5) is 33.0. The fraction of sp³-hybridized carbons (Fsp3) is 0.0690. The van der Waals surface area contributed by atoms with Gasteiger partial charge in [-0.2, -0.15) is 0 Å². The molecule has 3 aromatic carbocycles. The third-order valence-electron chi connectivity index (χ3n) is 6.40. The fourth-order valence-corrected chi connectivity index (χ4v) is 4.53. The lowest BCUT2D eigenvalue weighted by molar-refractivity contribution is 0.0964. The van der Waals surface area contributed by atoms with Gasteiger partial charge in [-0.15, -0.1) is 0 Å². The number of nitrogens with one attached hydrogen (secondary N) is 3. The third kappa shape index (κ3) is 3.81. The molecule has 0 fully saturated rings. The zero-order chi connectivity index (χ0) is 26.4. The molecule has 0 atom stereocenters. The number of aromatic amines is 1. The van der Waals surface area contributed by atoms with E-state index in [9.17, 15) is 14.0 Å². The highest BCUT2D eigenvalue weighted by molar-refractivity contribution is 6.12. The summed E-state index contributed by atoms with van der Waals surface area (Å²) in [6.07, 6.45) is 1.59. The number of pyridine rings is 1. The number of carbonyl (C=O) groups excluding carboxylic acids is 1. The van der Waals surface area contributed by atoms with E-state index in [4.69, 9.17) is 8.83 Å². The number of anilines is 1. The highest BCUT2D eigenvalue weighted by atomic mass is 19.1. The molecule has 3 N–H and O–H groups in total. The SMILES string of the molecule is CNC(=O)c1c(-c2ccc(F)cc2)oc2cc(NC)c(-c3c[nH]c(=O)c(-c4nc5ccccc5o4)c3)cc12. The molecule has 0 spiro atoms. The first kappa shape index (κ1) is 23.2. The molecule has 8 nitrogen and oxygen atoms in total. The van der Waals surface area contributed by atoms with Gasteiger partial charge in [0, 0.05) is 54.1 Å². The quantitative estimate of drug-likeness (QED) is 0.271. The second kappa shape index (κ2) is 9.04. The van der Waals surface area contributed by atoms with Crippen molar-refractivity contribution in [3.63, 3.8) is 0 Å². The Morgan fingerprint density at radius 3 is 2.45 bits per heavy atom. The standard InChI is InChI=1S/C29H21FN4O4/c1-31-22-13-24-19(25(28(36)32-2)26(37-24)15-7-9-17(30)10-8-15)12-18(22)16-11-20(27(35)33-14-16)29-34-21-5-3-4-6-23(21)38-29/h3-14,31H,1-2H3,(H,32,36)(H,33,35). The van der Waals surface area contributed by atoms with Gasteiger partial charge in [0.2, 0.25) is 5.89 Å². The summed E-state index contributed by atoms with van der Waals surface area (Å²) in [6.45, 7) is 0. The first-order chi connectivity index (χ1) is 18.5. The van der Waals surface area contributed by atoms with Crippen LogP contribution in [0.5, 0.6) is 0 Å². The van der Waals surface area contributed by atoms with E-state index in [2.05, 4.69) is 20.6 Å². The monoisotopic (exact) mass is 508 g/mol. The van der Waals surface area contributed by atoms with Gasteiger partial charge in [0.15, 0.2) is 5.58 Å². The molecule has 6 rings (SSSR count). The number of hydrogen-bond donors (Lipinski definition) is 3. The summed E-state index contributed by atoms with van der Waals surface area (Å²) in [7, 11) is 3.30. The van der Waals surface area contributed by atoms with Crippen LogP contribution in [0.4, 0.5) is 10.1 Å². The number of nitrogens with zero attached hydrogens (tertiary/aromatic N) is 1. The molecule has 0 aliphatic carbocycles. The summed E-state index contributed by atoms with van der Waals surface area (Å²) in [5.41, 5.74) is 4.59. The highest BCUT2D eigenvalue weighted by Gasteiger charge is 2.24. The van der Waals surface area contributed by atoms with Crippen molar-refractivity contribution in [3.05, 3.63) is 94.7 Å². The van der Waals surface area contributed by atoms with Crippen molar-refractivity contribution in [1.29, 1.82) is 0 Å². The average Bonchev–Trinajstić information content (AvgIpc) is 3.54. The number of fused-ring (bicyclic) bond motifs is 2. The van der Waals surface area contributed by atoms with Crippen LogP contribution in [-0.4, -0.2) is 30.0 Å². The van der Waals surface area contributed by atoms with Crippen molar-refractivity contribution in [2.45, 2.75) is 0 Å². The second-order valence-electron chi connectivity index (χ2n) is 8.65. The molecule has 0 radical (unpaired) electrons. The molecule has 0 unspecified atom stereocenters. The van der Waals surface area contributed by atoms with Gasteiger partial charge in [-0.05, 0) is 48.5 Å². The number of aromatic nitrogens is 2. The minimum atomic E-state index is -0.390. The largest absolute Gasteiger partial charge is 0.455 e. The molecule has 0 bridgehead atoms. The normalized spacial score (nSPS) is 11.2. The summed E-state index contributed by atoms with van der Waals surface area (Å²) in [5.74, 6) is -0.208. The van der Waals surface area contributed by atoms with E-state index >= 15 is 0 Å². The predicted octanol–water partition coefficient (Wildman–Crippen LogP) is 5.80. The Morgan fingerprint density at radius 2 is 1.71 bits per heavy atom. The Hall–Kier alpha value is -5.18. The van der Waals surface area contributed by atoms with Gasteiger partial charge in [-0.1, -0.05) is 12.1 Å². The Morgan fingerprint density at radius 1 is 0.921 bits per heavy atom. The van der Waals surface area contributed by atoms with Crippen LogP contribution in [0.25, 0.3) is 56.0 Å². The number of carbonyl (C=O) groups is 1. The van der Waals surface area contributed by atoms with Gasteiger partial charge in [0.25, 0.3) is 11.5 Å². The number of amides is 1. The maximum atomic E-state index is 13.6. The number of furan rings is 1. The van der Waals surface area contributed by atoms with Gasteiger partial charge in [-0.3, -0.25) is 9.59 Å². The minimum absolute atomic E-state index is 0.203. The molecule has 0 saturated heterocycles. The molecule has 3 heterocycles. The fourth-order valence-electron chi connectivity index (χ4n) is 4.53. The molecule has 1 amide bonds. The van der Waals surface area contributed by atoms with Crippen molar-refractivity contribution in [2.24, 2.45) is 0 Å². The number of para-hydroxylation sites is 2. The molecule has 188 valence electrons. The smallest absolute Gasteiger partial charge is 0.260 e. The first-order valence-corrected chi connectivity index (χ1v) is 11.8. The van der Waals surface area contributed by atoms with E-state index in [1.165, 1.54) is 19.2 Å². The van der Waals surface area contributed by atoms with Crippen molar-refractivity contribution in [3.8, 4) is 33.9 Å². The molecule has 9 heteroatoms. The maximum Gasteiger partial charge on any atom is 0.260 e. The van der Waals surface area contributed by atoms with Gasteiger partial charge in [-0.25, -0.2) is 9.37 Å². The summed E-state index contributed by atoms with van der Waals surface area (Å²) >= 11 is 0. The molecule has 38 heavy (non-hydrogen) atoms. The van der Waals surface area contributed by atoms with Gasteiger partial charge in [0.1, 0.15) is 28.2 Å². The maximum absolute atomic E-state index is 13.6. The van der Waals surface area contributed by atoms with Crippen LogP contribution >= 0.6 is 0 Å². The van der Waals surface area contributed by atoms with Crippen molar-refractivity contribution in [1.82, 2.24) is 15.3 Å². The lowest BCUT2D eigenvalue weighted by atomic mass is 9.98. The van der Waals surface area contributed by atoms with Gasteiger partial charge >= 0.3 is 0 Å². The lowest BCUT2D eigenvalue weighted by Gasteiger charge is -2.11. The number of oxazole rings is 1. The van der Waals surface area contributed by atoms with Crippen LogP contribution in [0, 0.1) is 5.82 Å². The number of benzene rings is 3. The number of halogens is 1. The Kier molecular flexibility index (Phi) is 5.53. The zero-order valence-corrected chi connectivity index (χ0v) is 20.4. The average molecular weight is 509 g/mol. The number of H-pyrrole nitrogens is 1. The topological polar surface area (TPSA) is 113 Å². The van der Waals surface area contributed by atoms with E-state index in [1.807, 2.05) is 24.3 Å². The Bertz CT molecular complexity index is 1870. The molecule has 0 saturated carbocycles. The summed E-state index contributed by atoms with van der Waals surface area (Å²) < 4.78 is 25.5. The van der Waals surface area contributed by atoms with Gasteiger partial charge in [0.05, 0.1) is 5.56 Å². The second-order valence-corrected chi connectivity index (χ2v) is 8.65. The zero-order valence-electron chi connectivity index (χ0n) is 20.4. The molecule has 0 aliphatic heterocycles. The summed E-state index contributed by atoms with van der Waals surface area (Å²) in [6, 6.07) is 18.3. The third-order valence-corrected chi connectivity index (χ3v) is 6.40. The molecule has 6 aromatic rings. The van der Waals surface area contributed by atoms with Crippen LogP contribution in [0.2, 0.25) is 0 Å². The van der Waals surface area contributed by atoms with Crippen LogP contribution in [0.1, 0.15) is 10.4 Å². The predicted molar refractivity (Wildman–Crippen MR) is 144 cm³/mol. The van der Waals surface area contributed by atoms with E-state index in [1.54, 1.807) is 43.6 Å². The van der Waals surface area contributed by atoms with Crippen LogP contribution in [0.3, 0.4) is 0 Å². The number of hydrogen-bond acceptors (Lipinski definition) is 6. The van der Waals surface area contributed by atoms with Crippen molar-refractivity contribution < 1.29 is 18.0 Å². The molecule has 3 aromatic heterocycles. The molecular weight excluding hydrogens is 487 g/mol. The van der Waals surface area contributed by atoms with E-state index < -0.39 is 0 Å². The van der Waals surface area contributed by atoms with Crippen LogP contribution in [0.15, 0.2) is 86.6 Å². The molecule has 0 aliphatic rings. The Balaban J connectivity index is 1.56. The van der Waals surface area contributed by atoms with E-state index in [-0.39, 0.29) is 28.7 Å². The lowest BCUT2D eigenvalue weighted by Crippen LogP contribution is -2.18. The minimum Gasteiger partial charge on any atom is -0.455 e. The van der Waals surface area contributed by atoms with Crippen molar-refractivity contribution >= 4 is 33.7 Å². The first-order valence-electron chi connectivity index (χ1n) is 11.8. The Labute approximate surface area is 215 Å². The van der Waals surface area contributed by atoms with Crippen molar-refractivity contribution in [2.75, 3.05) is 19.4 Å².